The molecule has 2 heterocycles. The number of pyridine rings is 1. The molecule has 1 aromatic heterocycles. The molecule has 0 radical (unpaired) electrons. The number of carbonyl (C=O) groups is 1. The molecule has 1 aliphatic rings. The molecule has 2 rings (SSSR count). The van der Waals surface area contributed by atoms with Crippen LogP contribution in [-0.2, 0) is 20.8 Å². The second-order valence-corrected chi connectivity index (χ2v) is 3.51. The summed E-state index contributed by atoms with van der Waals surface area (Å²) in [5.74, 6) is -0.128. The van der Waals surface area contributed by atoms with Gasteiger partial charge >= 0.3 is 0 Å². The summed E-state index contributed by atoms with van der Waals surface area (Å²) in [5.41, 5.74) is 1.01. The van der Waals surface area contributed by atoms with Gasteiger partial charge in [-0.3, -0.25) is 9.78 Å². The molecule has 1 fully saturated rings. The van der Waals surface area contributed by atoms with E-state index in [2.05, 4.69) is 10.3 Å². The van der Waals surface area contributed by atoms with E-state index < -0.39 is 6.10 Å². The van der Waals surface area contributed by atoms with Crippen LogP contribution < -0.4 is 5.32 Å². The number of hydrogen-bond donors (Lipinski definition) is 1. The third kappa shape index (κ3) is 3.01. The van der Waals surface area contributed by atoms with Crippen molar-refractivity contribution in [2.24, 2.45) is 0 Å². The normalized spacial score (nSPS) is 20.4. The van der Waals surface area contributed by atoms with Gasteiger partial charge in [0.25, 0.3) is 5.91 Å². The van der Waals surface area contributed by atoms with E-state index in [1.165, 1.54) is 0 Å². The van der Waals surface area contributed by atoms with Gasteiger partial charge in [0.05, 0.1) is 19.8 Å². The maximum absolute atomic E-state index is 11.6. The zero-order valence-electron chi connectivity index (χ0n) is 8.89. The molecule has 0 saturated carbocycles. The lowest BCUT2D eigenvalue weighted by Crippen LogP contribution is -2.42. The molecule has 1 aliphatic heterocycles. The highest BCUT2D eigenvalue weighted by Gasteiger charge is 2.21. The summed E-state index contributed by atoms with van der Waals surface area (Å²) in [6.07, 6.45) is 2.92. The molecule has 1 N–H and O–H groups in total. The number of carbonyl (C=O) groups excluding carboxylic acids is 1. The summed E-state index contributed by atoms with van der Waals surface area (Å²) in [5, 5.41) is 2.80. The Morgan fingerprint density at radius 2 is 2.25 bits per heavy atom. The van der Waals surface area contributed by atoms with Gasteiger partial charge in [-0.05, 0) is 17.7 Å². The maximum Gasteiger partial charge on any atom is 0.251 e. The third-order valence-electron chi connectivity index (χ3n) is 2.32. The predicted octanol–water partition coefficient (Wildman–Crippen LogP) is 0.113. The molecular weight excluding hydrogens is 208 g/mol. The molecule has 16 heavy (non-hydrogen) atoms. The van der Waals surface area contributed by atoms with Gasteiger partial charge in [-0.2, -0.15) is 0 Å². The van der Waals surface area contributed by atoms with Gasteiger partial charge in [0.2, 0.25) is 0 Å². The minimum atomic E-state index is -0.476. The van der Waals surface area contributed by atoms with E-state index >= 15 is 0 Å². The van der Waals surface area contributed by atoms with Gasteiger partial charge in [0.1, 0.15) is 0 Å². The van der Waals surface area contributed by atoms with E-state index in [0.717, 1.165) is 5.56 Å². The number of hydrogen-bond acceptors (Lipinski definition) is 4. The zero-order valence-corrected chi connectivity index (χ0v) is 8.89. The van der Waals surface area contributed by atoms with Crippen molar-refractivity contribution in [3.05, 3.63) is 30.1 Å². The van der Waals surface area contributed by atoms with Crippen molar-refractivity contribution in [2.45, 2.75) is 12.6 Å². The van der Waals surface area contributed by atoms with E-state index in [4.69, 9.17) is 9.47 Å². The molecule has 1 atom stereocenters. The number of rotatable bonds is 3. The van der Waals surface area contributed by atoms with Crippen LogP contribution in [0.5, 0.6) is 0 Å². The molecule has 0 aromatic carbocycles. The lowest BCUT2D eigenvalue weighted by molar-refractivity contribution is -0.147. The molecule has 0 bridgehead atoms. The van der Waals surface area contributed by atoms with E-state index in [0.29, 0.717) is 26.4 Å². The molecule has 86 valence electrons. The van der Waals surface area contributed by atoms with Crippen molar-refractivity contribution in [1.82, 2.24) is 10.3 Å². The van der Waals surface area contributed by atoms with Crippen LogP contribution in [0.2, 0.25) is 0 Å². The Balaban J connectivity index is 1.79. The van der Waals surface area contributed by atoms with Gasteiger partial charge in [0.15, 0.2) is 6.10 Å². The van der Waals surface area contributed by atoms with Crippen LogP contribution in [0.25, 0.3) is 0 Å². The van der Waals surface area contributed by atoms with E-state index in [1.54, 1.807) is 12.4 Å². The smallest absolute Gasteiger partial charge is 0.251 e. The van der Waals surface area contributed by atoms with E-state index in [9.17, 15) is 4.79 Å². The molecular formula is C11H14N2O3. The summed E-state index contributed by atoms with van der Waals surface area (Å²) in [4.78, 5) is 15.5. The maximum atomic E-state index is 11.6. The molecule has 1 saturated heterocycles. The quantitative estimate of drug-likeness (QED) is 0.788. The number of nitrogens with zero attached hydrogens (tertiary/aromatic N) is 1. The van der Waals surface area contributed by atoms with Crippen molar-refractivity contribution >= 4 is 5.91 Å². The molecule has 0 aliphatic carbocycles. The van der Waals surface area contributed by atoms with E-state index in [1.807, 2.05) is 12.1 Å². The topological polar surface area (TPSA) is 60.5 Å². The largest absolute Gasteiger partial charge is 0.376 e. The van der Waals surface area contributed by atoms with Crippen molar-refractivity contribution < 1.29 is 14.3 Å². The van der Waals surface area contributed by atoms with Gasteiger partial charge in [0, 0.05) is 18.9 Å². The summed E-state index contributed by atoms with van der Waals surface area (Å²) in [7, 11) is 0. The summed E-state index contributed by atoms with van der Waals surface area (Å²) >= 11 is 0. The summed E-state index contributed by atoms with van der Waals surface area (Å²) in [6.45, 7) is 1.87. The molecule has 1 amide bonds. The first-order chi connectivity index (χ1) is 7.86. The molecule has 1 unspecified atom stereocenters. The third-order valence-corrected chi connectivity index (χ3v) is 2.32. The lowest BCUT2D eigenvalue weighted by atomic mass is 10.2. The highest BCUT2D eigenvalue weighted by Crippen LogP contribution is 2.01. The fourth-order valence-electron chi connectivity index (χ4n) is 1.44. The van der Waals surface area contributed by atoms with Gasteiger partial charge in [-0.15, -0.1) is 0 Å². The molecule has 1 aromatic rings. The lowest BCUT2D eigenvalue weighted by Gasteiger charge is -2.21. The Kier molecular flexibility index (Phi) is 3.85. The van der Waals surface area contributed by atoms with Crippen molar-refractivity contribution in [1.29, 1.82) is 0 Å². The molecule has 0 spiro atoms. The Bertz CT molecular complexity index is 336. The van der Waals surface area contributed by atoms with Crippen molar-refractivity contribution in [2.75, 3.05) is 19.8 Å². The standard InChI is InChI=1S/C11H14N2O3/c14-11(10-8-15-5-6-16-10)13-7-9-1-3-12-4-2-9/h1-4,10H,5-8H2,(H,13,14). The Morgan fingerprint density at radius 3 is 2.94 bits per heavy atom. The van der Waals surface area contributed by atoms with Crippen LogP contribution in [0.15, 0.2) is 24.5 Å². The van der Waals surface area contributed by atoms with Crippen molar-refractivity contribution in [3.8, 4) is 0 Å². The summed E-state index contributed by atoms with van der Waals surface area (Å²) in [6, 6.07) is 3.72. The summed E-state index contributed by atoms with van der Waals surface area (Å²) < 4.78 is 10.4. The second-order valence-electron chi connectivity index (χ2n) is 3.51. The monoisotopic (exact) mass is 222 g/mol. The fourth-order valence-corrected chi connectivity index (χ4v) is 1.44. The van der Waals surface area contributed by atoms with Gasteiger partial charge in [-0.1, -0.05) is 0 Å². The van der Waals surface area contributed by atoms with Crippen LogP contribution in [0.4, 0.5) is 0 Å². The minimum Gasteiger partial charge on any atom is -0.376 e. The van der Waals surface area contributed by atoms with Crippen LogP contribution in [-0.4, -0.2) is 36.8 Å². The van der Waals surface area contributed by atoms with Crippen molar-refractivity contribution in [3.63, 3.8) is 0 Å². The second kappa shape index (κ2) is 5.58. The van der Waals surface area contributed by atoms with Crippen LogP contribution in [0.3, 0.4) is 0 Å². The predicted molar refractivity (Wildman–Crippen MR) is 56.6 cm³/mol. The average Bonchev–Trinajstić information content (AvgIpc) is 2.38. The number of amides is 1. The van der Waals surface area contributed by atoms with Crippen LogP contribution in [0.1, 0.15) is 5.56 Å². The van der Waals surface area contributed by atoms with Crippen LogP contribution in [0, 0.1) is 0 Å². The highest BCUT2D eigenvalue weighted by molar-refractivity contribution is 5.80. The zero-order chi connectivity index (χ0) is 11.2. The Hall–Kier alpha value is -1.46. The molecule has 5 heteroatoms. The number of aromatic nitrogens is 1. The average molecular weight is 222 g/mol. The first-order valence-electron chi connectivity index (χ1n) is 5.22. The number of ether oxygens (including phenoxy) is 2. The van der Waals surface area contributed by atoms with Crippen LogP contribution >= 0.6 is 0 Å². The number of nitrogens with one attached hydrogen (secondary N) is 1. The van der Waals surface area contributed by atoms with E-state index in [-0.39, 0.29) is 5.91 Å². The first-order valence-corrected chi connectivity index (χ1v) is 5.22. The minimum absolute atomic E-state index is 0.128. The fraction of sp³-hybridized carbons (Fsp3) is 0.455. The first kappa shape index (κ1) is 11.0. The van der Waals surface area contributed by atoms with Gasteiger partial charge in [-0.25, -0.2) is 0 Å². The van der Waals surface area contributed by atoms with Gasteiger partial charge < -0.3 is 14.8 Å². The highest BCUT2D eigenvalue weighted by atomic mass is 16.6. The Labute approximate surface area is 93.8 Å². The Morgan fingerprint density at radius 1 is 1.44 bits per heavy atom. The molecule has 5 nitrogen and oxygen atoms in total. The SMILES string of the molecule is O=C(NCc1ccncc1)C1COCCO1.